The molecule has 2 aromatic rings. The van der Waals surface area contributed by atoms with Gasteiger partial charge in [0.2, 0.25) is 0 Å². The summed E-state index contributed by atoms with van der Waals surface area (Å²) in [5.41, 5.74) is -0.0784. The molecule has 0 saturated heterocycles. The topological polar surface area (TPSA) is 84.5 Å². The van der Waals surface area contributed by atoms with Crippen LogP contribution in [0, 0.1) is 11.6 Å². The van der Waals surface area contributed by atoms with Crippen LogP contribution in [0.3, 0.4) is 0 Å². The Kier molecular flexibility index (Phi) is 6.37. The summed E-state index contributed by atoms with van der Waals surface area (Å²) in [7, 11) is 0. The van der Waals surface area contributed by atoms with Gasteiger partial charge in [-0.2, -0.15) is 0 Å². The quantitative estimate of drug-likeness (QED) is 0.801. The molecule has 0 bridgehead atoms. The number of ether oxygens (including phenoxy) is 1. The number of hydrogen-bond donors (Lipinski definition) is 2. The monoisotopic (exact) mass is 362 g/mol. The molecule has 6 nitrogen and oxygen atoms in total. The largest absolute Gasteiger partial charge is 0.449 e. The molecule has 0 fully saturated rings. The molecule has 3 amide bonds. The minimum atomic E-state index is -1.43. The van der Waals surface area contributed by atoms with Crippen molar-refractivity contribution < 1.29 is 27.9 Å². The second kappa shape index (κ2) is 8.70. The van der Waals surface area contributed by atoms with Crippen LogP contribution in [0.1, 0.15) is 22.8 Å². The van der Waals surface area contributed by atoms with E-state index in [1.54, 1.807) is 24.3 Å². The molecular formula is C18H16F2N2O4. The van der Waals surface area contributed by atoms with Gasteiger partial charge in [-0.1, -0.05) is 36.4 Å². The third kappa shape index (κ3) is 5.10. The van der Waals surface area contributed by atoms with E-state index in [1.165, 1.54) is 6.92 Å². The van der Waals surface area contributed by atoms with Crippen LogP contribution in [0.4, 0.5) is 13.6 Å². The summed E-state index contributed by atoms with van der Waals surface area (Å²) >= 11 is 0. The number of carbonyl (C=O) groups excluding carboxylic acids is 3. The van der Waals surface area contributed by atoms with Gasteiger partial charge in [-0.05, 0) is 24.6 Å². The van der Waals surface area contributed by atoms with Crippen molar-refractivity contribution in [3.8, 4) is 0 Å². The highest BCUT2D eigenvalue weighted by molar-refractivity contribution is 5.98. The number of hydrogen-bond acceptors (Lipinski definition) is 4. The lowest BCUT2D eigenvalue weighted by Crippen LogP contribution is -2.44. The fraction of sp³-hybridized carbons (Fsp3) is 0.167. The van der Waals surface area contributed by atoms with Crippen LogP contribution < -0.4 is 10.6 Å². The highest BCUT2D eigenvalue weighted by Gasteiger charge is 2.24. The van der Waals surface area contributed by atoms with Gasteiger partial charge >= 0.3 is 12.0 Å². The minimum Gasteiger partial charge on any atom is -0.449 e. The van der Waals surface area contributed by atoms with Gasteiger partial charge in [-0.15, -0.1) is 0 Å². The van der Waals surface area contributed by atoms with Crippen molar-refractivity contribution in [3.05, 3.63) is 71.3 Å². The second-order valence-electron chi connectivity index (χ2n) is 5.30. The van der Waals surface area contributed by atoms with Crippen LogP contribution in [0.15, 0.2) is 48.5 Å². The third-order valence-electron chi connectivity index (χ3n) is 3.35. The molecule has 0 spiro atoms. The first kappa shape index (κ1) is 19.0. The number of carbonyl (C=O) groups is 3. The predicted molar refractivity (Wildman–Crippen MR) is 88.1 cm³/mol. The van der Waals surface area contributed by atoms with Gasteiger partial charge in [0, 0.05) is 6.54 Å². The molecule has 8 heteroatoms. The van der Waals surface area contributed by atoms with Gasteiger partial charge < -0.3 is 10.1 Å². The number of esters is 1. The Balaban J connectivity index is 1.87. The van der Waals surface area contributed by atoms with Gasteiger partial charge in [0.1, 0.15) is 17.2 Å². The van der Waals surface area contributed by atoms with Crippen LogP contribution >= 0.6 is 0 Å². The average Bonchev–Trinajstić information content (AvgIpc) is 2.60. The number of urea groups is 1. The summed E-state index contributed by atoms with van der Waals surface area (Å²) in [4.78, 5) is 35.4. The maximum absolute atomic E-state index is 13.5. The highest BCUT2D eigenvalue weighted by Crippen LogP contribution is 2.14. The fourth-order valence-corrected chi connectivity index (χ4v) is 2.00. The maximum atomic E-state index is 13.5. The summed E-state index contributed by atoms with van der Waals surface area (Å²) in [6, 6.07) is 11.1. The van der Waals surface area contributed by atoms with E-state index in [2.05, 4.69) is 5.32 Å². The van der Waals surface area contributed by atoms with Crippen molar-refractivity contribution in [2.45, 2.75) is 19.6 Å². The standard InChI is InChI=1S/C18H16F2N2O4/c1-11(26-17(24)15-13(19)8-5-9-14(15)20)16(23)22-18(25)21-10-12-6-3-2-4-7-12/h2-9,11H,10H2,1H3,(H2,21,22,23,25). The number of imide groups is 1. The van der Waals surface area contributed by atoms with E-state index < -0.39 is 41.2 Å². The summed E-state index contributed by atoms with van der Waals surface area (Å²) in [6.07, 6.45) is -1.43. The van der Waals surface area contributed by atoms with Crippen molar-refractivity contribution in [1.82, 2.24) is 10.6 Å². The Bertz CT molecular complexity index is 792. The Hall–Kier alpha value is -3.29. The molecular weight excluding hydrogens is 346 g/mol. The van der Waals surface area contributed by atoms with E-state index in [9.17, 15) is 23.2 Å². The molecule has 0 aliphatic heterocycles. The molecule has 26 heavy (non-hydrogen) atoms. The predicted octanol–water partition coefficient (Wildman–Crippen LogP) is 2.54. The van der Waals surface area contributed by atoms with Crippen LogP contribution in [0.25, 0.3) is 0 Å². The van der Waals surface area contributed by atoms with E-state index in [1.807, 2.05) is 11.4 Å². The molecule has 1 atom stereocenters. The first-order chi connectivity index (χ1) is 12.4. The summed E-state index contributed by atoms with van der Waals surface area (Å²) < 4.78 is 31.7. The smallest absolute Gasteiger partial charge is 0.344 e. The van der Waals surface area contributed by atoms with Crippen LogP contribution in [-0.4, -0.2) is 24.0 Å². The van der Waals surface area contributed by atoms with E-state index in [0.717, 1.165) is 23.8 Å². The molecule has 0 heterocycles. The van der Waals surface area contributed by atoms with Gasteiger partial charge in [-0.3, -0.25) is 10.1 Å². The first-order valence-electron chi connectivity index (χ1n) is 7.66. The lowest BCUT2D eigenvalue weighted by atomic mass is 10.2. The van der Waals surface area contributed by atoms with Crippen molar-refractivity contribution in [3.63, 3.8) is 0 Å². The summed E-state index contributed by atoms with van der Waals surface area (Å²) in [6.45, 7) is 1.37. The molecule has 0 radical (unpaired) electrons. The first-order valence-corrected chi connectivity index (χ1v) is 7.66. The molecule has 0 aliphatic rings. The molecule has 1 unspecified atom stereocenters. The van der Waals surface area contributed by atoms with Crippen molar-refractivity contribution >= 4 is 17.9 Å². The Morgan fingerprint density at radius 3 is 2.23 bits per heavy atom. The minimum absolute atomic E-state index is 0.189. The molecule has 2 N–H and O–H groups in total. The van der Waals surface area contributed by atoms with E-state index in [0.29, 0.717) is 0 Å². The lowest BCUT2D eigenvalue weighted by Gasteiger charge is -2.14. The SMILES string of the molecule is CC(OC(=O)c1c(F)cccc1F)C(=O)NC(=O)NCc1ccccc1. The Labute approximate surface area is 148 Å². The maximum Gasteiger partial charge on any atom is 0.344 e. The van der Waals surface area contributed by atoms with Crippen molar-refractivity contribution in [2.75, 3.05) is 0 Å². The molecule has 2 rings (SSSR count). The number of halogens is 2. The molecule has 0 saturated carbocycles. The van der Waals surface area contributed by atoms with Crippen molar-refractivity contribution in [1.29, 1.82) is 0 Å². The van der Waals surface area contributed by atoms with Crippen molar-refractivity contribution in [2.24, 2.45) is 0 Å². The molecule has 136 valence electrons. The number of amides is 3. The van der Waals surface area contributed by atoms with E-state index in [-0.39, 0.29) is 6.54 Å². The number of nitrogens with one attached hydrogen (secondary N) is 2. The average molecular weight is 362 g/mol. The Morgan fingerprint density at radius 1 is 1.00 bits per heavy atom. The van der Waals surface area contributed by atoms with Gasteiger partial charge in [0.05, 0.1) is 0 Å². The van der Waals surface area contributed by atoms with Crippen LogP contribution in [-0.2, 0) is 16.1 Å². The van der Waals surface area contributed by atoms with E-state index >= 15 is 0 Å². The summed E-state index contributed by atoms with van der Waals surface area (Å²) in [5.74, 6) is -4.49. The number of benzene rings is 2. The second-order valence-corrected chi connectivity index (χ2v) is 5.30. The van der Waals surface area contributed by atoms with Gasteiger partial charge in [0.25, 0.3) is 5.91 Å². The zero-order valence-electron chi connectivity index (χ0n) is 13.8. The molecule has 0 aliphatic carbocycles. The Morgan fingerprint density at radius 2 is 1.62 bits per heavy atom. The van der Waals surface area contributed by atoms with Crippen LogP contribution in [0.2, 0.25) is 0 Å². The van der Waals surface area contributed by atoms with Crippen LogP contribution in [0.5, 0.6) is 0 Å². The summed E-state index contributed by atoms with van der Waals surface area (Å²) in [5, 5.41) is 4.44. The fourth-order valence-electron chi connectivity index (χ4n) is 2.00. The molecule has 2 aromatic carbocycles. The molecule has 0 aromatic heterocycles. The normalized spacial score (nSPS) is 11.3. The highest BCUT2D eigenvalue weighted by atomic mass is 19.1. The number of rotatable bonds is 5. The zero-order chi connectivity index (χ0) is 19.1. The lowest BCUT2D eigenvalue weighted by molar-refractivity contribution is -0.127. The van der Waals surface area contributed by atoms with Gasteiger partial charge in [0.15, 0.2) is 6.10 Å². The third-order valence-corrected chi connectivity index (χ3v) is 3.35. The zero-order valence-corrected chi connectivity index (χ0v) is 13.8. The van der Waals surface area contributed by atoms with E-state index in [4.69, 9.17) is 4.74 Å². The van der Waals surface area contributed by atoms with Gasteiger partial charge in [-0.25, -0.2) is 18.4 Å².